The molecule has 0 radical (unpaired) electrons. The highest BCUT2D eigenvalue weighted by atomic mass is 32.2. The van der Waals surface area contributed by atoms with Crippen molar-refractivity contribution in [3.63, 3.8) is 0 Å². The average molecular weight is 529 g/mol. The van der Waals surface area contributed by atoms with E-state index in [-0.39, 0.29) is 10.9 Å². The number of methoxy groups -OCH3 is 1. The standard InChI is InChI=1S/C27H32N2O5S2/c1-5-24(20-11-13-21(33-3)14-12-20)28-27(30)19-29(25-9-7-8-10-26(25)34-6-2)36(31,32)23-17-15-22(35-4)16-18-23/h7-18,24H,5-6,19H2,1-4H3,(H,28,30). The summed E-state index contributed by atoms with van der Waals surface area (Å²) >= 11 is 1.52. The number of sulfonamides is 1. The van der Waals surface area contributed by atoms with Gasteiger partial charge in [-0.2, -0.15) is 0 Å². The quantitative estimate of drug-likeness (QED) is 0.322. The first-order valence-electron chi connectivity index (χ1n) is 11.7. The number of rotatable bonds is 12. The predicted molar refractivity (Wildman–Crippen MR) is 145 cm³/mol. The van der Waals surface area contributed by atoms with Crippen LogP contribution in [0.5, 0.6) is 11.5 Å². The van der Waals surface area contributed by atoms with Crippen LogP contribution in [0, 0.1) is 0 Å². The Morgan fingerprint density at radius 3 is 2.25 bits per heavy atom. The van der Waals surface area contributed by atoms with Crippen LogP contribution in [0.1, 0.15) is 31.9 Å². The molecule has 0 bridgehead atoms. The summed E-state index contributed by atoms with van der Waals surface area (Å²) in [4.78, 5) is 14.3. The number of nitrogens with one attached hydrogen (secondary N) is 1. The summed E-state index contributed by atoms with van der Waals surface area (Å²) in [5.41, 5.74) is 1.21. The maximum absolute atomic E-state index is 13.8. The minimum atomic E-state index is -4.06. The highest BCUT2D eigenvalue weighted by Crippen LogP contribution is 2.33. The molecule has 9 heteroatoms. The fourth-order valence-corrected chi connectivity index (χ4v) is 5.58. The Balaban J connectivity index is 1.95. The van der Waals surface area contributed by atoms with Crippen LogP contribution in [-0.4, -0.2) is 40.8 Å². The molecule has 0 aliphatic rings. The molecular formula is C27H32N2O5S2. The van der Waals surface area contributed by atoms with Gasteiger partial charge in [-0.1, -0.05) is 31.2 Å². The summed E-state index contributed by atoms with van der Waals surface area (Å²) in [6, 6.07) is 20.6. The van der Waals surface area contributed by atoms with E-state index in [4.69, 9.17) is 9.47 Å². The lowest BCUT2D eigenvalue weighted by atomic mass is 10.0. The highest BCUT2D eigenvalue weighted by molar-refractivity contribution is 7.98. The lowest BCUT2D eigenvalue weighted by Crippen LogP contribution is -2.42. The fraction of sp³-hybridized carbons (Fsp3) is 0.296. The Kier molecular flexibility index (Phi) is 9.66. The number of hydrogen-bond donors (Lipinski definition) is 1. The molecule has 3 rings (SSSR count). The van der Waals surface area contributed by atoms with Crippen molar-refractivity contribution in [1.82, 2.24) is 5.32 Å². The Morgan fingerprint density at radius 1 is 1.00 bits per heavy atom. The second-order valence-electron chi connectivity index (χ2n) is 7.89. The third-order valence-corrected chi connectivity index (χ3v) is 8.15. The maximum atomic E-state index is 13.8. The van der Waals surface area contributed by atoms with Gasteiger partial charge in [0, 0.05) is 4.90 Å². The van der Waals surface area contributed by atoms with Gasteiger partial charge in [0.1, 0.15) is 18.0 Å². The van der Waals surface area contributed by atoms with Crippen LogP contribution in [0.3, 0.4) is 0 Å². The molecule has 36 heavy (non-hydrogen) atoms. The Hall–Kier alpha value is -3.17. The number of carbonyl (C=O) groups excluding carboxylic acids is 1. The second-order valence-corrected chi connectivity index (χ2v) is 10.6. The number of carbonyl (C=O) groups is 1. The third kappa shape index (κ3) is 6.53. The summed E-state index contributed by atoms with van der Waals surface area (Å²) in [5, 5.41) is 2.98. The van der Waals surface area contributed by atoms with E-state index in [0.717, 1.165) is 20.5 Å². The Labute approximate surface area is 217 Å². The number of ether oxygens (including phenoxy) is 2. The smallest absolute Gasteiger partial charge is 0.264 e. The zero-order valence-corrected chi connectivity index (χ0v) is 22.6. The van der Waals surface area contributed by atoms with Crippen molar-refractivity contribution in [2.24, 2.45) is 0 Å². The molecule has 7 nitrogen and oxygen atoms in total. The lowest BCUT2D eigenvalue weighted by molar-refractivity contribution is -0.120. The normalized spacial score (nSPS) is 12.0. The molecule has 0 saturated carbocycles. The second kappa shape index (κ2) is 12.7. The van der Waals surface area contributed by atoms with Crippen LogP contribution >= 0.6 is 11.8 Å². The lowest BCUT2D eigenvalue weighted by Gasteiger charge is -2.27. The number of thioether (sulfide) groups is 1. The number of amides is 1. The van der Waals surface area contributed by atoms with E-state index in [1.54, 1.807) is 55.6 Å². The van der Waals surface area contributed by atoms with Gasteiger partial charge in [0.05, 0.1) is 30.3 Å². The molecule has 3 aromatic rings. The largest absolute Gasteiger partial charge is 0.497 e. The van der Waals surface area contributed by atoms with E-state index in [1.807, 2.05) is 44.4 Å². The molecule has 0 fully saturated rings. The molecule has 1 N–H and O–H groups in total. The molecule has 1 amide bonds. The Bertz CT molecular complexity index is 1250. The van der Waals surface area contributed by atoms with Crippen molar-refractivity contribution in [3.05, 3.63) is 78.4 Å². The fourth-order valence-electron chi connectivity index (χ4n) is 3.74. The predicted octanol–water partition coefficient (Wildman–Crippen LogP) is 5.28. The number of para-hydroxylation sites is 2. The van der Waals surface area contributed by atoms with Gasteiger partial charge in [0.2, 0.25) is 5.91 Å². The monoisotopic (exact) mass is 528 g/mol. The van der Waals surface area contributed by atoms with Crippen LogP contribution in [0.15, 0.2) is 82.6 Å². The molecule has 0 saturated heterocycles. The van der Waals surface area contributed by atoms with Crippen LogP contribution in [-0.2, 0) is 14.8 Å². The Morgan fingerprint density at radius 2 is 1.67 bits per heavy atom. The highest BCUT2D eigenvalue weighted by Gasteiger charge is 2.30. The van der Waals surface area contributed by atoms with Crippen LogP contribution < -0.4 is 19.1 Å². The molecule has 0 heterocycles. The van der Waals surface area contributed by atoms with E-state index in [9.17, 15) is 13.2 Å². The summed E-state index contributed by atoms with van der Waals surface area (Å²) in [6.45, 7) is 3.74. The van der Waals surface area contributed by atoms with Gasteiger partial charge in [-0.3, -0.25) is 9.10 Å². The molecule has 192 valence electrons. The van der Waals surface area contributed by atoms with Crippen LogP contribution in [0.4, 0.5) is 5.69 Å². The van der Waals surface area contributed by atoms with Crippen molar-refractivity contribution < 1.29 is 22.7 Å². The van der Waals surface area contributed by atoms with Crippen molar-refractivity contribution >= 4 is 33.4 Å². The molecule has 3 aromatic carbocycles. The number of nitrogens with zero attached hydrogens (tertiary/aromatic N) is 1. The molecular weight excluding hydrogens is 496 g/mol. The van der Waals surface area contributed by atoms with E-state index in [0.29, 0.717) is 24.5 Å². The number of anilines is 1. The zero-order valence-electron chi connectivity index (χ0n) is 20.9. The molecule has 0 aliphatic heterocycles. The van der Waals surface area contributed by atoms with Gasteiger partial charge >= 0.3 is 0 Å². The zero-order chi connectivity index (χ0) is 26.1. The number of benzene rings is 3. The van der Waals surface area contributed by atoms with E-state index >= 15 is 0 Å². The van der Waals surface area contributed by atoms with Crippen molar-refractivity contribution in [1.29, 1.82) is 0 Å². The van der Waals surface area contributed by atoms with Gasteiger partial charge in [0.25, 0.3) is 10.0 Å². The first-order valence-corrected chi connectivity index (χ1v) is 14.3. The van der Waals surface area contributed by atoms with Gasteiger partial charge in [-0.15, -0.1) is 11.8 Å². The summed E-state index contributed by atoms with van der Waals surface area (Å²) < 4.78 is 39.6. The number of hydrogen-bond acceptors (Lipinski definition) is 6. The summed E-state index contributed by atoms with van der Waals surface area (Å²) in [6.07, 6.45) is 2.56. The van der Waals surface area contributed by atoms with Crippen LogP contribution in [0.25, 0.3) is 0 Å². The van der Waals surface area contributed by atoms with Gasteiger partial charge in [-0.05, 0) is 73.7 Å². The molecule has 0 spiro atoms. The maximum Gasteiger partial charge on any atom is 0.264 e. The molecule has 1 unspecified atom stereocenters. The van der Waals surface area contributed by atoms with E-state index in [1.165, 1.54) is 11.8 Å². The third-order valence-electron chi connectivity index (χ3n) is 5.63. The first kappa shape index (κ1) is 27.4. The summed E-state index contributed by atoms with van der Waals surface area (Å²) in [5.74, 6) is 0.685. The minimum absolute atomic E-state index is 0.0987. The topological polar surface area (TPSA) is 84.9 Å². The first-order chi connectivity index (χ1) is 17.3. The van der Waals surface area contributed by atoms with E-state index in [2.05, 4.69) is 5.32 Å². The average Bonchev–Trinajstić information content (AvgIpc) is 2.91. The van der Waals surface area contributed by atoms with Crippen molar-refractivity contribution in [2.45, 2.75) is 36.1 Å². The van der Waals surface area contributed by atoms with Crippen molar-refractivity contribution in [2.75, 3.05) is 30.8 Å². The van der Waals surface area contributed by atoms with Gasteiger partial charge < -0.3 is 14.8 Å². The summed E-state index contributed by atoms with van der Waals surface area (Å²) in [7, 11) is -2.47. The SMILES string of the molecule is CCOc1ccccc1N(CC(=O)NC(CC)c1ccc(OC)cc1)S(=O)(=O)c1ccc(SC)cc1. The molecule has 0 aliphatic carbocycles. The molecule has 0 aromatic heterocycles. The minimum Gasteiger partial charge on any atom is -0.497 e. The molecule has 1 atom stereocenters. The van der Waals surface area contributed by atoms with Crippen molar-refractivity contribution in [3.8, 4) is 11.5 Å². The van der Waals surface area contributed by atoms with Gasteiger partial charge in [-0.25, -0.2) is 8.42 Å². The van der Waals surface area contributed by atoms with Crippen LogP contribution in [0.2, 0.25) is 0 Å². The van der Waals surface area contributed by atoms with E-state index < -0.39 is 22.5 Å². The van der Waals surface area contributed by atoms with Gasteiger partial charge in [0.15, 0.2) is 0 Å².